The molecule has 1 atom stereocenters. The van der Waals surface area contributed by atoms with E-state index in [-0.39, 0.29) is 6.04 Å². The Morgan fingerprint density at radius 3 is 2.59 bits per heavy atom. The number of benzene rings is 1. The molecule has 0 radical (unpaired) electrons. The number of para-hydroxylation sites is 1. The monoisotopic (exact) mass is 232 g/mol. The highest BCUT2D eigenvalue weighted by atomic mass is 16.3. The lowest BCUT2D eigenvalue weighted by Gasteiger charge is -2.27. The van der Waals surface area contributed by atoms with Gasteiger partial charge >= 0.3 is 0 Å². The van der Waals surface area contributed by atoms with Crippen LogP contribution in [0.3, 0.4) is 0 Å². The lowest BCUT2D eigenvalue weighted by Crippen LogP contribution is -2.33. The van der Waals surface area contributed by atoms with Gasteiger partial charge in [-0.1, -0.05) is 32.0 Å². The summed E-state index contributed by atoms with van der Waals surface area (Å²) in [6.45, 7) is 6.93. The maximum atomic E-state index is 5.92. The van der Waals surface area contributed by atoms with E-state index >= 15 is 0 Å². The Morgan fingerprint density at radius 1 is 1.24 bits per heavy atom. The van der Waals surface area contributed by atoms with Crippen molar-refractivity contribution in [2.75, 3.05) is 19.6 Å². The van der Waals surface area contributed by atoms with Crippen molar-refractivity contribution in [1.82, 2.24) is 4.90 Å². The zero-order valence-corrected chi connectivity index (χ0v) is 10.5. The summed E-state index contributed by atoms with van der Waals surface area (Å²) in [5, 5.41) is 1.18. The second kappa shape index (κ2) is 5.34. The molecule has 0 fully saturated rings. The standard InChI is InChI=1S/C14H20N2O/c1-3-16(4-2)13(9-15)12-10-17-14-8-6-5-7-11(12)14/h5-8,10,13H,3-4,9,15H2,1-2H3. The smallest absolute Gasteiger partial charge is 0.134 e. The summed E-state index contributed by atoms with van der Waals surface area (Å²) in [5.74, 6) is 0. The van der Waals surface area contributed by atoms with E-state index in [0.717, 1.165) is 18.7 Å². The number of nitrogens with zero attached hydrogens (tertiary/aromatic N) is 1. The van der Waals surface area contributed by atoms with E-state index in [1.807, 2.05) is 24.5 Å². The van der Waals surface area contributed by atoms with Crippen molar-refractivity contribution in [3.8, 4) is 0 Å². The predicted molar refractivity (Wildman–Crippen MR) is 70.9 cm³/mol. The molecule has 17 heavy (non-hydrogen) atoms. The molecule has 1 aromatic heterocycles. The molecular formula is C14H20N2O. The van der Waals surface area contributed by atoms with Gasteiger partial charge in [0, 0.05) is 17.5 Å². The van der Waals surface area contributed by atoms with E-state index in [4.69, 9.17) is 10.2 Å². The van der Waals surface area contributed by atoms with Gasteiger partial charge in [0.15, 0.2) is 0 Å². The predicted octanol–water partition coefficient (Wildman–Crippen LogP) is 2.77. The summed E-state index contributed by atoms with van der Waals surface area (Å²) in [6.07, 6.45) is 1.85. The summed E-state index contributed by atoms with van der Waals surface area (Å²) in [7, 11) is 0. The fourth-order valence-electron chi connectivity index (χ4n) is 2.39. The van der Waals surface area contributed by atoms with Crippen molar-refractivity contribution in [2.45, 2.75) is 19.9 Å². The first-order valence-electron chi connectivity index (χ1n) is 6.22. The van der Waals surface area contributed by atoms with Gasteiger partial charge in [0.05, 0.1) is 12.3 Å². The molecule has 0 saturated heterocycles. The fourth-order valence-corrected chi connectivity index (χ4v) is 2.39. The first-order chi connectivity index (χ1) is 8.31. The Hall–Kier alpha value is -1.32. The lowest BCUT2D eigenvalue weighted by molar-refractivity contribution is 0.224. The van der Waals surface area contributed by atoms with Gasteiger partial charge in [-0.25, -0.2) is 0 Å². The van der Waals surface area contributed by atoms with Crippen molar-refractivity contribution < 1.29 is 4.42 Å². The SMILES string of the molecule is CCN(CC)C(CN)c1coc2ccccc12. The molecule has 0 amide bonds. The van der Waals surface area contributed by atoms with Crippen LogP contribution in [0.1, 0.15) is 25.5 Å². The van der Waals surface area contributed by atoms with Crippen LogP contribution >= 0.6 is 0 Å². The number of furan rings is 1. The molecule has 3 nitrogen and oxygen atoms in total. The molecule has 0 aliphatic heterocycles. The third kappa shape index (κ3) is 2.21. The highest BCUT2D eigenvalue weighted by Crippen LogP contribution is 2.29. The van der Waals surface area contributed by atoms with Gasteiger partial charge in [0.1, 0.15) is 5.58 Å². The Bertz CT molecular complexity index is 474. The molecule has 1 aromatic carbocycles. The second-order valence-electron chi connectivity index (χ2n) is 4.16. The highest BCUT2D eigenvalue weighted by molar-refractivity contribution is 5.81. The number of hydrogen-bond donors (Lipinski definition) is 1. The van der Waals surface area contributed by atoms with E-state index in [2.05, 4.69) is 24.8 Å². The minimum Gasteiger partial charge on any atom is -0.464 e. The Morgan fingerprint density at radius 2 is 1.94 bits per heavy atom. The zero-order chi connectivity index (χ0) is 12.3. The average Bonchev–Trinajstić information content (AvgIpc) is 2.79. The molecule has 2 aromatic rings. The normalized spacial score (nSPS) is 13.4. The number of fused-ring (bicyclic) bond motifs is 1. The van der Waals surface area contributed by atoms with Gasteiger partial charge in [-0.15, -0.1) is 0 Å². The molecule has 0 aliphatic rings. The average molecular weight is 232 g/mol. The molecule has 1 unspecified atom stereocenters. The van der Waals surface area contributed by atoms with Crippen LogP contribution in [0.15, 0.2) is 34.9 Å². The minimum atomic E-state index is 0.244. The van der Waals surface area contributed by atoms with Gasteiger partial charge < -0.3 is 10.2 Å². The van der Waals surface area contributed by atoms with Crippen LogP contribution in [0.25, 0.3) is 11.0 Å². The molecule has 3 heteroatoms. The molecule has 1 heterocycles. The Kier molecular flexibility index (Phi) is 3.82. The summed E-state index contributed by atoms with van der Waals surface area (Å²) in [6, 6.07) is 8.37. The third-order valence-electron chi connectivity index (χ3n) is 3.35. The second-order valence-corrected chi connectivity index (χ2v) is 4.16. The Labute approximate surface area is 102 Å². The van der Waals surface area contributed by atoms with E-state index in [9.17, 15) is 0 Å². The number of nitrogens with two attached hydrogens (primary N) is 1. The molecule has 2 N–H and O–H groups in total. The maximum absolute atomic E-state index is 5.92. The van der Waals surface area contributed by atoms with E-state index in [1.165, 1.54) is 10.9 Å². The molecular weight excluding hydrogens is 212 g/mol. The topological polar surface area (TPSA) is 42.4 Å². The van der Waals surface area contributed by atoms with E-state index in [0.29, 0.717) is 6.54 Å². The summed E-state index contributed by atoms with van der Waals surface area (Å²) in [4.78, 5) is 2.36. The maximum Gasteiger partial charge on any atom is 0.134 e. The van der Waals surface area contributed by atoms with Crippen LogP contribution in [0, 0.1) is 0 Å². The van der Waals surface area contributed by atoms with Gasteiger partial charge in [-0.3, -0.25) is 4.90 Å². The van der Waals surface area contributed by atoms with Crippen LogP contribution in [-0.2, 0) is 0 Å². The third-order valence-corrected chi connectivity index (χ3v) is 3.35. The summed E-state index contributed by atoms with van der Waals surface area (Å²) < 4.78 is 5.59. The molecule has 0 saturated carbocycles. The van der Waals surface area contributed by atoms with Gasteiger partial charge in [0.2, 0.25) is 0 Å². The minimum absolute atomic E-state index is 0.244. The van der Waals surface area contributed by atoms with Crippen molar-refractivity contribution in [3.63, 3.8) is 0 Å². The van der Waals surface area contributed by atoms with Crippen LogP contribution < -0.4 is 5.73 Å². The molecule has 0 aliphatic carbocycles. The number of rotatable bonds is 5. The van der Waals surface area contributed by atoms with Crippen molar-refractivity contribution in [1.29, 1.82) is 0 Å². The first kappa shape index (κ1) is 12.1. The fraction of sp³-hybridized carbons (Fsp3) is 0.429. The highest BCUT2D eigenvalue weighted by Gasteiger charge is 2.20. The van der Waals surface area contributed by atoms with E-state index < -0.39 is 0 Å². The lowest BCUT2D eigenvalue weighted by atomic mass is 10.0. The molecule has 0 spiro atoms. The largest absolute Gasteiger partial charge is 0.464 e. The van der Waals surface area contributed by atoms with Crippen LogP contribution in [0.5, 0.6) is 0 Å². The van der Waals surface area contributed by atoms with Gasteiger partial charge in [-0.2, -0.15) is 0 Å². The molecule has 92 valence electrons. The van der Waals surface area contributed by atoms with Crippen molar-refractivity contribution in [3.05, 3.63) is 36.1 Å². The van der Waals surface area contributed by atoms with Crippen molar-refractivity contribution >= 4 is 11.0 Å². The Balaban J connectivity index is 2.42. The van der Waals surface area contributed by atoms with Crippen LogP contribution in [0.4, 0.5) is 0 Å². The number of likely N-dealkylation sites (N-methyl/N-ethyl adjacent to an activating group) is 1. The molecule has 0 bridgehead atoms. The zero-order valence-electron chi connectivity index (χ0n) is 10.5. The quantitative estimate of drug-likeness (QED) is 0.862. The summed E-state index contributed by atoms with van der Waals surface area (Å²) >= 11 is 0. The summed E-state index contributed by atoms with van der Waals surface area (Å²) in [5.41, 5.74) is 8.06. The van der Waals surface area contributed by atoms with Crippen molar-refractivity contribution in [2.24, 2.45) is 5.73 Å². The van der Waals surface area contributed by atoms with Crippen LogP contribution in [-0.4, -0.2) is 24.5 Å². The van der Waals surface area contributed by atoms with Gasteiger partial charge in [0.25, 0.3) is 0 Å². The first-order valence-corrected chi connectivity index (χ1v) is 6.22. The molecule has 2 rings (SSSR count). The van der Waals surface area contributed by atoms with Crippen LogP contribution in [0.2, 0.25) is 0 Å². The number of hydrogen-bond acceptors (Lipinski definition) is 3. The van der Waals surface area contributed by atoms with Gasteiger partial charge in [-0.05, 0) is 19.2 Å². The van der Waals surface area contributed by atoms with E-state index in [1.54, 1.807) is 0 Å².